The molecule has 0 aliphatic carbocycles. The van der Waals surface area contributed by atoms with Crippen LogP contribution in [0.4, 0.5) is 0 Å². The molecule has 0 aromatic rings. The Labute approximate surface area is 133 Å². The highest BCUT2D eigenvalue weighted by molar-refractivity contribution is 5.79. The van der Waals surface area contributed by atoms with E-state index in [-0.39, 0.29) is 48.7 Å². The van der Waals surface area contributed by atoms with Gasteiger partial charge in [-0.25, -0.2) is 0 Å². The lowest BCUT2D eigenvalue weighted by Crippen LogP contribution is -2.48. The Morgan fingerprint density at radius 3 is 2.00 bits per heavy atom. The number of hydrogen-bond donors (Lipinski definition) is 2. The van der Waals surface area contributed by atoms with E-state index in [9.17, 15) is 14.4 Å². The first kappa shape index (κ1) is 20.4. The molecule has 0 aliphatic rings. The third-order valence-electron chi connectivity index (χ3n) is 2.91. The van der Waals surface area contributed by atoms with E-state index < -0.39 is 6.04 Å². The van der Waals surface area contributed by atoms with Gasteiger partial charge in [-0.3, -0.25) is 14.4 Å². The molecule has 0 radical (unpaired) electrons. The van der Waals surface area contributed by atoms with Gasteiger partial charge in [-0.1, -0.05) is 41.5 Å². The van der Waals surface area contributed by atoms with Crippen molar-refractivity contribution < 1.29 is 19.1 Å². The Balaban J connectivity index is 4.48. The summed E-state index contributed by atoms with van der Waals surface area (Å²) in [6.45, 7) is 11.3. The van der Waals surface area contributed by atoms with Gasteiger partial charge < -0.3 is 15.4 Å². The topological polar surface area (TPSA) is 84.5 Å². The summed E-state index contributed by atoms with van der Waals surface area (Å²) in [5.74, 6) is -0.663. The molecule has 22 heavy (non-hydrogen) atoms. The fourth-order valence-electron chi connectivity index (χ4n) is 1.55. The van der Waals surface area contributed by atoms with Crippen LogP contribution < -0.4 is 10.6 Å². The van der Waals surface area contributed by atoms with E-state index in [0.717, 1.165) is 0 Å². The molecule has 6 heteroatoms. The first-order valence-electron chi connectivity index (χ1n) is 7.87. The number of ether oxygens (including phenoxy) is 1. The number of nitrogens with one attached hydrogen (secondary N) is 2. The Morgan fingerprint density at radius 2 is 1.55 bits per heavy atom. The van der Waals surface area contributed by atoms with Crippen molar-refractivity contribution in [3.05, 3.63) is 0 Å². The summed E-state index contributed by atoms with van der Waals surface area (Å²) >= 11 is 0. The lowest BCUT2D eigenvalue weighted by atomic mass is 10.1. The Bertz CT molecular complexity index is 378. The maximum absolute atomic E-state index is 11.8. The average molecular weight is 314 g/mol. The van der Waals surface area contributed by atoms with Crippen molar-refractivity contribution in [2.75, 3.05) is 13.2 Å². The van der Waals surface area contributed by atoms with Crippen LogP contribution in [0.3, 0.4) is 0 Å². The third-order valence-corrected chi connectivity index (χ3v) is 2.91. The van der Waals surface area contributed by atoms with Crippen molar-refractivity contribution in [2.24, 2.45) is 17.8 Å². The quantitative estimate of drug-likeness (QED) is 0.632. The lowest BCUT2D eigenvalue weighted by Gasteiger charge is -2.21. The molecule has 0 spiro atoms. The van der Waals surface area contributed by atoms with Gasteiger partial charge in [0, 0.05) is 18.9 Å². The van der Waals surface area contributed by atoms with Crippen LogP contribution in [0.1, 0.15) is 48.0 Å². The van der Waals surface area contributed by atoms with Gasteiger partial charge in [-0.2, -0.15) is 0 Å². The SMILES string of the molecule is CC(C)CC(=O)NCC(COC(=O)C(C)C)NC(=O)C(C)C. The van der Waals surface area contributed by atoms with Crippen LogP contribution in [-0.2, 0) is 19.1 Å². The van der Waals surface area contributed by atoms with Gasteiger partial charge in [0.25, 0.3) is 0 Å². The number of carbonyl (C=O) groups is 3. The summed E-state index contributed by atoms with van der Waals surface area (Å²) in [6, 6.07) is -0.422. The molecule has 2 N–H and O–H groups in total. The van der Waals surface area contributed by atoms with E-state index in [1.165, 1.54) is 0 Å². The summed E-state index contributed by atoms with van der Waals surface area (Å²) in [5, 5.41) is 5.55. The maximum Gasteiger partial charge on any atom is 0.308 e. The van der Waals surface area contributed by atoms with E-state index in [1.807, 2.05) is 13.8 Å². The van der Waals surface area contributed by atoms with Crippen LogP contribution in [0, 0.1) is 17.8 Å². The molecule has 0 aromatic heterocycles. The van der Waals surface area contributed by atoms with Gasteiger partial charge in [0.05, 0.1) is 12.0 Å². The van der Waals surface area contributed by atoms with Crippen molar-refractivity contribution >= 4 is 17.8 Å². The van der Waals surface area contributed by atoms with Crippen LogP contribution >= 0.6 is 0 Å². The Morgan fingerprint density at radius 1 is 0.955 bits per heavy atom. The average Bonchev–Trinajstić information content (AvgIpc) is 2.39. The molecular weight excluding hydrogens is 284 g/mol. The number of amides is 2. The second kappa shape index (κ2) is 10.2. The highest BCUT2D eigenvalue weighted by Crippen LogP contribution is 2.00. The fourth-order valence-corrected chi connectivity index (χ4v) is 1.55. The van der Waals surface area contributed by atoms with E-state index in [2.05, 4.69) is 10.6 Å². The molecule has 1 atom stereocenters. The minimum Gasteiger partial charge on any atom is -0.463 e. The molecule has 0 saturated carbocycles. The molecule has 6 nitrogen and oxygen atoms in total. The molecule has 0 aliphatic heterocycles. The second-order valence-corrected chi connectivity index (χ2v) is 6.55. The lowest BCUT2D eigenvalue weighted by molar-refractivity contribution is -0.148. The van der Waals surface area contributed by atoms with Gasteiger partial charge in [-0.05, 0) is 5.92 Å². The molecule has 1 unspecified atom stereocenters. The van der Waals surface area contributed by atoms with E-state index >= 15 is 0 Å². The van der Waals surface area contributed by atoms with Crippen molar-refractivity contribution in [3.63, 3.8) is 0 Å². The molecule has 0 heterocycles. The van der Waals surface area contributed by atoms with Crippen molar-refractivity contribution in [1.29, 1.82) is 0 Å². The van der Waals surface area contributed by atoms with Gasteiger partial charge in [0.15, 0.2) is 0 Å². The summed E-state index contributed by atoms with van der Waals surface area (Å²) in [4.78, 5) is 35.0. The number of carbonyl (C=O) groups excluding carboxylic acids is 3. The van der Waals surface area contributed by atoms with Crippen LogP contribution in [0.15, 0.2) is 0 Å². The summed E-state index contributed by atoms with van der Waals surface area (Å²) in [7, 11) is 0. The monoisotopic (exact) mass is 314 g/mol. The van der Waals surface area contributed by atoms with E-state index in [1.54, 1.807) is 27.7 Å². The first-order chi connectivity index (χ1) is 10.1. The van der Waals surface area contributed by atoms with E-state index in [0.29, 0.717) is 6.42 Å². The summed E-state index contributed by atoms with van der Waals surface area (Å²) < 4.78 is 5.15. The van der Waals surface area contributed by atoms with Crippen LogP contribution in [0.5, 0.6) is 0 Å². The molecule has 0 aromatic carbocycles. The summed E-state index contributed by atoms with van der Waals surface area (Å²) in [5.41, 5.74) is 0. The van der Waals surface area contributed by atoms with Gasteiger partial charge >= 0.3 is 5.97 Å². The Hall–Kier alpha value is -1.59. The molecule has 0 rings (SSSR count). The maximum atomic E-state index is 11.8. The minimum atomic E-state index is -0.422. The molecule has 2 amide bonds. The van der Waals surface area contributed by atoms with Crippen molar-refractivity contribution in [3.8, 4) is 0 Å². The van der Waals surface area contributed by atoms with Crippen LogP contribution in [0.2, 0.25) is 0 Å². The first-order valence-corrected chi connectivity index (χ1v) is 7.87. The third kappa shape index (κ3) is 9.37. The largest absolute Gasteiger partial charge is 0.463 e. The smallest absolute Gasteiger partial charge is 0.308 e. The van der Waals surface area contributed by atoms with Crippen LogP contribution in [0.25, 0.3) is 0 Å². The molecule has 0 saturated heterocycles. The Kier molecular flexibility index (Phi) is 9.45. The molecule has 128 valence electrons. The predicted octanol–water partition coefficient (Wildman–Crippen LogP) is 1.49. The van der Waals surface area contributed by atoms with Crippen molar-refractivity contribution in [2.45, 2.75) is 54.0 Å². The standard InChI is InChI=1S/C16H30N2O4/c1-10(2)7-14(19)17-8-13(18-15(20)11(3)4)9-22-16(21)12(5)6/h10-13H,7-9H2,1-6H3,(H,17,19)(H,18,20). The zero-order valence-corrected chi connectivity index (χ0v) is 14.6. The highest BCUT2D eigenvalue weighted by Gasteiger charge is 2.19. The van der Waals surface area contributed by atoms with Crippen LogP contribution in [-0.4, -0.2) is 37.0 Å². The van der Waals surface area contributed by atoms with E-state index in [4.69, 9.17) is 4.74 Å². The van der Waals surface area contributed by atoms with Crippen molar-refractivity contribution in [1.82, 2.24) is 10.6 Å². The zero-order valence-electron chi connectivity index (χ0n) is 14.6. The normalized spacial score (nSPS) is 12.4. The minimum absolute atomic E-state index is 0.0530. The molecular formula is C16H30N2O4. The molecule has 0 bridgehead atoms. The second-order valence-electron chi connectivity index (χ2n) is 6.55. The summed E-state index contributed by atoms with van der Waals surface area (Å²) in [6.07, 6.45) is 0.427. The highest BCUT2D eigenvalue weighted by atomic mass is 16.5. The fraction of sp³-hybridized carbons (Fsp3) is 0.812. The van der Waals surface area contributed by atoms with Gasteiger partial charge in [0.2, 0.25) is 11.8 Å². The predicted molar refractivity (Wildman–Crippen MR) is 85.0 cm³/mol. The number of hydrogen-bond acceptors (Lipinski definition) is 4. The van der Waals surface area contributed by atoms with Gasteiger partial charge in [-0.15, -0.1) is 0 Å². The number of rotatable bonds is 9. The zero-order chi connectivity index (χ0) is 17.3. The number of esters is 1. The molecule has 0 fully saturated rings. The van der Waals surface area contributed by atoms with Gasteiger partial charge in [0.1, 0.15) is 6.61 Å².